The largest absolute Gasteiger partial charge is 0.497 e. The lowest BCUT2D eigenvalue weighted by Gasteiger charge is -2.20. The first kappa shape index (κ1) is 18.1. The van der Waals surface area contributed by atoms with Gasteiger partial charge in [-0.25, -0.2) is 13.1 Å². The molecule has 7 nitrogen and oxygen atoms in total. The summed E-state index contributed by atoms with van der Waals surface area (Å²) in [4.78, 5) is 4.41. The summed E-state index contributed by atoms with van der Waals surface area (Å²) in [5.41, 5.74) is 1.50. The molecule has 2 heterocycles. The summed E-state index contributed by atoms with van der Waals surface area (Å²) in [5, 5.41) is 5.72. The van der Waals surface area contributed by atoms with Crippen LogP contribution in [0.5, 0.6) is 5.75 Å². The Hall–Kier alpha value is -2.23. The Bertz CT molecular complexity index is 1020. The maximum Gasteiger partial charge on any atom is 0.250 e. The minimum absolute atomic E-state index is 0.202. The number of sulfonamides is 1. The van der Waals surface area contributed by atoms with Crippen LogP contribution in [0.25, 0.3) is 11.4 Å². The van der Waals surface area contributed by atoms with Gasteiger partial charge in [-0.2, -0.15) is 4.98 Å². The van der Waals surface area contributed by atoms with Crippen LogP contribution >= 0.6 is 11.3 Å². The molecule has 3 aromatic rings. The number of nitrogens with one attached hydrogen (secondary N) is 1. The minimum Gasteiger partial charge on any atom is -0.497 e. The van der Waals surface area contributed by atoms with E-state index in [2.05, 4.69) is 14.9 Å². The molecule has 142 valence electrons. The number of nitrogens with zero attached hydrogens (tertiary/aromatic N) is 2. The standard InChI is InChI=1S/C18H19N3O4S2/c1-24-15-7-5-12(6-8-15)10-19-27(22,23)16-9-14(11-26-16)17-20-18(25-21-17)13-3-2-4-13/h5-9,11,13,19H,2-4,10H2,1H3. The zero-order valence-corrected chi connectivity index (χ0v) is 16.3. The molecule has 2 aromatic heterocycles. The highest BCUT2D eigenvalue weighted by atomic mass is 32.2. The zero-order chi connectivity index (χ0) is 18.9. The lowest BCUT2D eigenvalue weighted by atomic mass is 9.85. The molecule has 1 saturated carbocycles. The number of hydrogen-bond acceptors (Lipinski definition) is 7. The van der Waals surface area contributed by atoms with Gasteiger partial charge in [0.15, 0.2) is 0 Å². The summed E-state index contributed by atoms with van der Waals surface area (Å²) in [7, 11) is -2.02. The summed E-state index contributed by atoms with van der Waals surface area (Å²) >= 11 is 1.14. The van der Waals surface area contributed by atoms with Gasteiger partial charge in [-0.1, -0.05) is 23.7 Å². The van der Waals surface area contributed by atoms with E-state index < -0.39 is 10.0 Å². The Morgan fingerprint density at radius 3 is 2.74 bits per heavy atom. The molecule has 0 atom stereocenters. The van der Waals surface area contributed by atoms with Gasteiger partial charge in [0.1, 0.15) is 9.96 Å². The fraction of sp³-hybridized carbons (Fsp3) is 0.333. The van der Waals surface area contributed by atoms with E-state index in [0.29, 0.717) is 23.2 Å². The van der Waals surface area contributed by atoms with Crippen LogP contribution in [0.3, 0.4) is 0 Å². The monoisotopic (exact) mass is 405 g/mol. The van der Waals surface area contributed by atoms with E-state index in [0.717, 1.165) is 35.5 Å². The molecule has 0 unspecified atom stereocenters. The number of aromatic nitrogens is 2. The Balaban J connectivity index is 1.45. The summed E-state index contributed by atoms with van der Waals surface area (Å²) in [6.45, 7) is 0.202. The van der Waals surface area contributed by atoms with Crippen LogP contribution in [0.15, 0.2) is 44.4 Å². The van der Waals surface area contributed by atoms with Crippen LogP contribution in [0.1, 0.15) is 36.6 Å². The predicted octanol–water partition coefficient (Wildman–Crippen LogP) is 3.55. The molecule has 0 aliphatic heterocycles. The van der Waals surface area contributed by atoms with E-state index in [1.807, 2.05) is 12.1 Å². The normalized spacial score (nSPS) is 14.9. The number of rotatable bonds is 7. The highest BCUT2D eigenvalue weighted by molar-refractivity contribution is 7.91. The Morgan fingerprint density at radius 2 is 2.07 bits per heavy atom. The second kappa shape index (κ2) is 7.41. The summed E-state index contributed by atoms with van der Waals surface area (Å²) < 4.78 is 38.4. The van der Waals surface area contributed by atoms with Crippen molar-refractivity contribution in [3.8, 4) is 17.1 Å². The first-order valence-electron chi connectivity index (χ1n) is 8.60. The third-order valence-electron chi connectivity index (χ3n) is 4.62. The van der Waals surface area contributed by atoms with Gasteiger partial charge in [0.25, 0.3) is 0 Å². The first-order chi connectivity index (χ1) is 13.0. The van der Waals surface area contributed by atoms with Gasteiger partial charge < -0.3 is 9.26 Å². The molecule has 1 aromatic carbocycles. The first-order valence-corrected chi connectivity index (χ1v) is 11.0. The number of hydrogen-bond donors (Lipinski definition) is 1. The molecular weight excluding hydrogens is 386 g/mol. The van der Waals surface area contributed by atoms with E-state index in [-0.39, 0.29) is 10.8 Å². The molecule has 0 saturated heterocycles. The quantitative estimate of drug-likeness (QED) is 0.646. The molecule has 9 heteroatoms. The van der Waals surface area contributed by atoms with Crippen molar-refractivity contribution in [1.82, 2.24) is 14.9 Å². The fourth-order valence-corrected chi connectivity index (χ4v) is 4.96. The molecule has 4 rings (SSSR count). The summed E-state index contributed by atoms with van der Waals surface area (Å²) in [6, 6.07) is 8.81. The molecule has 1 aliphatic rings. The van der Waals surface area contributed by atoms with E-state index >= 15 is 0 Å². The number of thiophene rings is 1. The Morgan fingerprint density at radius 1 is 1.30 bits per heavy atom. The second-order valence-corrected chi connectivity index (χ2v) is 9.32. The van der Waals surface area contributed by atoms with Crippen LogP contribution in [0.2, 0.25) is 0 Å². The van der Waals surface area contributed by atoms with Crippen molar-refractivity contribution in [3.05, 3.63) is 47.2 Å². The molecule has 1 aliphatic carbocycles. The van der Waals surface area contributed by atoms with Gasteiger partial charge in [-0.3, -0.25) is 0 Å². The third kappa shape index (κ3) is 3.90. The molecule has 1 N–H and O–H groups in total. The van der Waals surface area contributed by atoms with E-state index in [9.17, 15) is 8.42 Å². The van der Waals surface area contributed by atoms with Crippen LogP contribution in [-0.2, 0) is 16.6 Å². The van der Waals surface area contributed by atoms with Crippen molar-refractivity contribution < 1.29 is 17.7 Å². The van der Waals surface area contributed by atoms with Crippen molar-refractivity contribution in [1.29, 1.82) is 0 Å². The van der Waals surface area contributed by atoms with E-state index in [1.54, 1.807) is 30.7 Å². The van der Waals surface area contributed by atoms with Gasteiger partial charge in [-0.05, 0) is 36.6 Å². The molecule has 0 radical (unpaired) electrons. The molecule has 0 bridgehead atoms. The second-order valence-electron chi connectivity index (χ2n) is 6.41. The van der Waals surface area contributed by atoms with Crippen molar-refractivity contribution in [2.24, 2.45) is 0 Å². The maximum absolute atomic E-state index is 12.6. The van der Waals surface area contributed by atoms with Crippen LogP contribution in [-0.4, -0.2) is 25.7 Å². The average molecular weight is 406 g/mol. The van der Waals surface area contributed by atoms with Crippen molar-refractivity contribution in [3.63, 3.8) is 0 Å². The van der Waals surface area contributed by atoms with Crippen LogP contribution < -0.4 is 9.46 Å². The number of benzene rings is 1. The molecular formula is C18H19N3O4S2. The Kier molecular flexibility index (Phi) is 4.98. The highest BCUT2D eigenvalue weighted by Crippen LogP contribution is 2.36. The maximum atomic E-state index is 12.6. The fourth-order valence-electron chi connectivity index (χ4n) is 2.74. The molecule has 0 amide bonds. The molecule has 27 heavy (non-hydrogen) atoms. The number of ether oxygens (including phenoxy) is 1. The van der Waals surface area contributed by atoms with E-state index in [1.165, 1.54) is 6.42 Å². The van der Waals surface area contributed by atoms with Crippen molar-refractivity contribution >= 4 is 21.4 Å². The van der Waals surface area contributed by atoms with E-state index in [4.69, 9.17) is 9.26 Å². The highest BCUT2D eigenvalue weighted by Gasteiger charge is 2.26. The van der Waals surface area contributed by atoms with Gasteiger partial charge in [0.05, 0.1) is 7.11 Å². The number of methoxy groups -OCH3 is 1. The van der Waals surface area contributed by atoms with Crippen molar-refractivity contribution in [2.75, 3.05) is 7.11 Å². The van der Waals surface area contributed by atoms with Gasteiger partial charge in [-0.15, -0.1) is 11.3 Å². The van der Waals surface area contributed by atoms with Gasteiger partial charge >= 0.3 is 0 Å². The van der Waals surface area contributed by atoms with Crippen molar-refractivity contribution in [2.45, 2.75) is 35.9 Å². The van der Waals surface area contributed by atoms with Crippen LogP contribution in [0.4, 0.5) is 0 Å². The molecule has 0 spiro atoms. The smallest absolute Gasteiger partial charge is 0.250 e. The minimum atomic E-state index is -3.61. The average Bonchev–Trinajstić information content (AvgIpc) is 3.29. The lowest BCUT2D eigenvalue weighted by Crippen LogP contribution is -2.22. The predicted molar refractivity (Wildman–Crippen MR) is 101 cm³/mol. The zero-order valence-electron chi connectivity index (χ0n) is 14.7. The summed E-state index contributed by atoms with van der Waals surface area (Å²) in [5.74, 6) is 2.15. The van der Waals surface area contributed by atoms with Gasteiger partial charge in [0.2, 0.25) is 21.7 Å². The SMILES string of the molecule is COc1ccc(CNS(=O)(=O)c2cc(-c3noc(C4CCC4)n3)cs2)cc1. The molecule has 1 fully saturated rings. The third-order valence-corrected chi connectivity index (χ3v) is 7.46. The Labute approximate surface area is 161 Å². The lowest BCUT2D eigenvalue weighted by molar-refractivity contribution is 0.292. The van der Waals surface area contributed by atoms with Crippen LogP contribution in [0, 0.1) is 0 Å². The summed E-state index contributed by atoms with van der Waals surface area (Å²) in [6.07, 6.45) is 3.32. The van der Waals surface area contributed by atoms with Gasteiger partial charge in [0, 0.05) is 23.4 Å². The topological polar surface area (TPSA) is 94.3 Å².